The summed E-state index contributed by atoms with van der Waals surface area (Å²) >= 11 is 0. The van der Waals surface area contributed by atoms with Gasteiger partial charge in [0.05, 0.1) is 20.2 Å². The Kier molecular flexibility index (Phi) is 9.31. The van der Waals surface area contributed by atoms with Gasteiger partial charge in [-0.05, 0) is 51.2 Å². The molecule has 2 aromatic carbocycles. The molecule has 6 heteroatoms. The Morgan fingerprint density at radius 2 is 1.66 bits per heavy atom. The largest absolute Gasteiger partial charge is 0.493 e. The van der Waals surface area contributed by atoms with Crippen LogP contribution in [0.4, 0.5) is 0 Å². The van der Waals surface area contributed by atoms with Gasteiger partial charge in [0.1, 0.15) is 6.10 Å². The Morgan fingerprint density at radius 3 is 2.28 bits per heavy atom. The molecule has 0 aliphatic carbocycles. The number of benzene rings is 2. The van der Waals surface area contributed by atoms with Crippen LogP contribution in [0.15, 0.2) is 53.5 Å². The minimum atomic E-state index is -0.0412. The lowest BCUT2D eigenvalue weighted by molar-refractivity contribution is 0.213. The molecule has 0 aromatic heterocycles. The fourth-order valence-corrected chi connectivity index (χ4v) is 2.84. The first-order chi connectivity index (χ1) is 14.0. The summed E-state index contributed by atoms with van der Waals surface area (Å²) in [5.74, 6) is 2.25. The van der Waals surface area contributed by atoms with Crippen molar-refractivity contribution in [2.45, 2.75) is 33.0 Å². The number of guanidine groups is 1. The third kappa shape index (κ3) is 8.03. The SMILES string of the molecule is CCNC(=NCc1ccc(CN(C)C)cc1)NCC(C)Oc1ccccc1OC. The first-order valence-corrected chi connectivity index (χ1v) is 10.1. The molecule has 0 bridgehead atoms. The number of ether oxygens (including phenoxy) is 2. The number of nitrogens with zero attached hydrogens (tertiary/aromatic N) is 2. The number of methoxy groups -OCH3 is 1. The van der Waals surface area contributed by atoms with Crippen molar-refractivity contribution >= 4 is 5.96 Å². The van der Waals surface area contributed by atoms with Gasteiger partial charge in [0, 0.05) is 13.1 Å². The number of nitrogens with one attached hydrogen (secondary N) is 2. The van der Waals surface area contributed by atoms with E-state index < -0.39 is 0 Å². The molecule has 0 saturated carbocycles. The summed E-state index contributed by atoms with van der Waals surface area (Å²) in [6.07, 6.45) is -0.0412. The fourth-order valence-electron chi connectivity index (χ4n) is 2.84. The number of aliphatic imine (C=N–C) groups is 1. The van der Waals surface area contributed by atoms with Crippen molar-refractivity contribution in [1.82, 2.24) is 15.5 Å². The van der Waals surface area contributed by atoms with E-state index in [0.29, 0.717) is 13.1 Å². The van der Waals surface area contributed by atoms with E-state index in [2.05, 4.69) is 60.8 Å². The number of rotatable bonds is 10. The third-order valence-corrected chi connectivity index (χ3v) is 4.24. The van der Waals surface area contributed by atoms with E-state index in [-0.39, 0.29) is 6.10 Å². The van der Waals surface area contributed by atoms with Crippen LogP contribution >= 0.6 is 0 Å². The van der Waals surface area contributed by atoms with E-state index in [1.54, 1.807) is 7.11 Å². The molecule has 0 fully saturated rings. The normalized spacial score (nSPS) is 12.6. The van der Waals surface area contributed by atoms with Gasteiger partial charge in [-0.1, -0.05) is 36.4 Å². The maximum absolute atomic E-state index is 6.00. The lowest BCUT2D eigenvalue weighted by atomic mass is 10.1. The van der Waals surface area contributed by atoms with Gasteiger partial charge in [-0.3, -0.25) is 0 Å². The molecule has 0 saturated heterocycles. The number of hydrogen-bond donors (Lipinski definition) is 2. The predicted molar refractivity (Wildman–Crippen MR) is 120 cm³/mol. The van der Waals surface area contributed by atoms with Gasteiger partial charge in [0.2, 0.25) is 0 Å². The molecule has 29 heavy (non-hydrogen) atoms. The zero-order valence-electron chi connectivity index (χ0n) is 18.2. The van der Waals surface area contributed by atoms with E-state index in [1.807, 2.05) is 31.2 Å². The summed E-state index contributed by atoms with van der Waals surface area (Å²) in [4.78, 5) is 6.85. The van der Waals surface area contributed by atoms with Gasteiger partial charge >= 0.3 is 0 Å². The van der Waals surface area contributed by atoms with Gasteiger partial charge in [-0.25, -0.2) is 4.99 Å². The highest BCUT2D eigenvalue weighted by atomic mass is 16.5. The first kappa shape index (κ1) is 22.6. The van der Waals surface area contributed by atoms with Crippen molar-refractivity contribution in [3.63, 3.8) is 0 Å². The lowest BCUT2D eigenvalue weighted by Gasteiger charge is -2.19. The van der Waals surface area contributed by atoms with Crippen LogP contribution in [-0.2, 0) is 13.1 Å². The Bertz CT molecular complexity index is 760. The van der Waals surface area contributed by atoms with Gasteiger partial charge in [0.15, 0.2) is 17.5 Å². The Balaban J connectivity index is 1.89. The van der Waals surface area contributed by atoms with Crippen LogP contribution in [0, 0.1) is 0 Å². The van der Waals surface area contributed by atoms with Crippen LogP contribution in [0.3, 0.4) is 0 Å². The number of hydrogen-bond acceptors (Lipinski definition) is 4. The van der Waals surface area contributed by atoms with Crippen molar-refractivity contribution in [2.75, 3.05) is 34.3 Å². The van der Waals surface area contributed by atoms with Crippen molar-refractivity contribution in [2.24, 2.45) is 4.99 Å². The second-order valence-corrected chi connectivity index (χ2v) is 7.21. The summed E-state index contributed by atoms with van der Waals surface area (Å²) in [5, 5.41) is 6.64. The standard InChI is InChI=1S/C23H34N4O2/c1-6-24-23(26-16-19-11-13-20(14-12-19)17-27(3)4)25-15-18(2)29-22-10-8-7-9-21(22)28-5/h7-14,18H,6,15-17H2,1-5H3,(H2,24,25,26). The summed E-state index contributed by atoms with van der Waals surface area (Å²) < 4.78 is 11.3. The molecule has 2 aromatic rings. The van der Waals surface area contributed by atoms with Crippen molar-refractivity contribution in [3.05, 3.63) is 59.7 Å². The Labute approximate surface area is 174 Å². The topological polar surface area (TPSA) is 58.1 Å². The van der Waals surface area contributed by atoms with E-state index in [1.165, 1.54) is 11.1 Å². The molecule has 0 heterocycles. The fraction of sp³-hybridized carbons (Fsp3) is 0.435. The average molecular weight is 399 g/mol. The highest BCUT2D eigenvalue weighted by Gasteiger charge is 2.09. The molecule has 6 nitrogen and oxygen atoms in total. The quantitative estimate of drug-likeness (QED) is 0.475. The molecular weight excluding hydrogens is 364 g/mol. The van der Waals surface area contributed by atoms with Crippen molar-refractivity contribution in [3.8, 4) is 11.5 Å². The van der Waals surface area contributed by atoms with Crippen LogP contribution < -0.4 is 20.1 Å². The predicted octanol–water partition coefficient (Wildman–Crippen LogP) is 3.28. The van der Waals surface area contributed by atoms with Crippen LogP contribution in [0.25, 0.3) is 0 Å². The van der Waals surface area contributed by atoms with Gasteiger partial charge in [0.25, 0.3) is 0 Å². The smallest absolute Gasteiger partial charge is 0.191 e. The van der Waals surface area contributed by atoms with E-state index in [9.17, 15) is 0 Å². The van der Waals surface area contributed by atoms with Crippen LogP contribution in [0.5, 0.6) is 11.5 Å². The lowest BCUT2D eigenvalue weighted by Crippen LogP contribution is -2.41. The average Bonchev–Trinajstić information content (AvgIpc) is 2.71. The molecule has 0 radical (unpaired) electrons. The second-order valence-electron chi connectivity index (χ2n) is 7.21. The van der Waals surface area contributed by atoms with E-state index in [0.717, 1.165) is 30.5 Å². The Hall–Kier alpha value is -2.73. The van der Waals surface area contributed by atoms with Crippen molar-refractivity contribution < 1.29 is 9.47 Å². The summed E-state index contributed by atoms with van der Waals surface area (Å²) in [5.41, 5.74) is 2.48. The zero-order chi connectivity index (χ0) is 21.1. The van der Waals surface area contributed by atoms with Gasteiger partial charge in [-0.15, -0.1) is 0 Å². The molecule has 0 amide bonds. The maximum Gasteiger partial charge on any atom is 0.191 e. The summed E-state index contributed by atoms with van der Waals surface area (Å²) in [7, 11) is 5.80. The van der Waals surface area contributed by atoms with E-state index in [4.69, 9.17) is 14.5 Å². The number of para-hydroxylation sites is 2. The monoisotopic (exact) mass is 398 g/mol. The molecule has 0 aliphatic heterocycles. The highest BCUT2D eigenvalue weighted by Crippen LogP contribution is 2.26. The molecular formula is C23H34N4O2. The summed E-state index contributed by atoms with van der Waals surface area (Å²) in [6.45, 7) is 7.08. The molecule has 0 aliphatic rings. The maximum atomic E-state index is 6.00. The molecule has 158 valence electrons. The second kappa shape index (κ2) is 12.0. The Morgan fingerprint density at radius 1 is 1.00 bits per heavy atom. The van der Waals surface area contributed by atoms with Crippen molar-refractivity contribution in [1.29, 1.82) is 0 Å². The van der Waals surface area contributed by atoms with Gasteiger partial charge < -0.3 is 25.0 Å². The molecule has 1 atom stereocenters. The van der Waals surface area contributed by atoms with Gasteiger partial charge in [-0.2, -0.15) is 0 Å². The molecule has 0 spiro atoms. The van der Waals surface area contributed by atoms with Crippen LogP contribution in [0.1, 0.15) is 25.0 Å². The summed E-state index contributed by atoms with van der Waals surface area (Å²) in [6, 6.07) is 16.3. The first-order valence-electron chi connectivity index (χ1n) is 10.1. The minimum Gasteiger partial charge on any atom is -0.493 e. The molecule has 2 N–H and O–H groups in total. The highest BCUT2D eigenvalue weighted by molar-refractivity contribution is 5.79. The van der Waals surface area contributed by atoms with Crippen LogP contribution in [-0.4, -0.2) is 51.3 Å². The zero-order valence-corrected chi connectivity index (χ0v) is 18.2. The van der Waals surface area contributed by atoms with E-state index >= 15 is 0 Å². The van der Waals surface area contributed by atoms with Crippen LogP contribution in [0.2, 0.25) is 0 Å². The molecule has 2 rings (SSSR count). The third-order valence-electron chi connectivity index (χ3n) is 4.24. The minimum absolute atomic E-state index is 0.0412. The molecule has 1 unspecified atom stereocenters.